The molecule has 2 fully saturated rings. The van der Waals surface area contributed by atoms with Crippen molar-refractivity contribution < 1.29 is 14.3 Å². The van der Waals surface area contributed by atoms with E-state index in [0.717, 1.165) is 32.4 Å². The number of rotatable bonds is 3. The van der Waals surface area contributed by atoms with Crippen molar-refractivity contribution in [3.8, 4) is 0 Å². The molecule has 0 aromatic heterocycles. The van der Waals surface area contributed by atoms with E-state index >= 15 is 0 Å². The van der Waals surface area contributed by atoms with E-state index in [1.807, 2.05) is 20.8 Å². The number of ether oxygens (including phenoxy) is 1. The fourth-order valence-electron chi connectivity index (χ4n) is 3.47. The molecule has 2 rings (SSSR count). The Morgan fingerprint density at radius 1 is 1.45 bits per heavy atom. The summed E-state index contributed by atoms with van der Waals surface area (Å²) < 4.78 is 5.16. The zero-order chi connectivity index (χ0) is 15.0. The highest BCUT2D eigenvalue weighted by molar-refractivity contribution is 5.85. The smallest absolute Gasteiger partial charge is 0.325 e. The molecule has 0 radical (unpaired) electrons. The van der Waals surface area contributed by atoms with Crippen LogP contribution in [0.3, 0.4) is 0 Å². The van der Waals surface area contributed by atoms with Gasteiger partial charge in [-0.05, 0) is 47.0 Å². The van der Waals surface area contributed by atoms with Gasteiger partial charge in [0, 0.05) is 19.1 Å². The van der Waals surface area contributed by atoms with E-state index in [-0.39, 0.29) is 23.3 Å². The van der Waals surface area contributed by atoms with Crippen molar-refractivity contribution >= 4 is 11.9 Å². The molecule has 2 heterocycles. The molecule has 1 unspecified atom stereocenters. The van der Waals surface area contributed by atoms with Crippen LogP contribution in [0.1, 0.15) is 47.0 Å². The summed E-state index contributed by atoms with van der Waals surface area (Å²) in [6.07, 6.45) is 2.57. The first-order chi connectivity index (χ1) is 9.32. The Kier molecular flexibility index (Phi) is 4.09. The molecule has 2 saturated heterocycles. The summed E-state index contributed by atoms with van der Waals surface area (Å²) in [5, 5.41) is 3.02. The molecule has 114 valence electrons. The number of piperidine rings is 1. The van der Waals surface area contributed by atoms with Gasteiger partial charge in [0.25, 0.3) is 0 Å². The number of hydrogen-bond donors (Lipinski definition) is 1. The molecule has 2 aliphatic heterocycles. The monoisotopic (exact) mass is 282 g/mol. The van der Waals surface area contributed by atoms with E-state index in [4.69, 9.17) is 4.74 Å². The topological polar surface area (TPSA) is 58.6 Å². The Morgan fingerprint density at radius 2 is 2.05 bits per heavy atom. The number of esters is 1. The lowest BCUT2D eigenvalue weighted by molar-refractivity contribution is -0.157. The Morgan fingerprint density at radius 3 is 2.50 bits per heavy atom. The molecule has 2 aliphatic rings. The maximum atomic E-state index is 12.1. The molecule has 1 atom stereocenters. The Balaban J connectivity index is 2.01. The summed E-state index contributed by atoms with van der Waals surface area (Å²) in [6, 6.07) is 0.270. The molecule has 1 N–H and O–H groups in total. The molecule has 0 saturated carbocycles. The molecule has 1 spiro atoms. The summed E-state index contributed by atoms with van der Waals surface area (Å²) >= 11 is 0. The minimum atomic E-state index is -0.613. The second kappa shape index (κ2) is 5.35. The van der Waals surface area contributed by atoms with Crippen molar-refractivity contribution in [1.29, 1.82) is 0 Å². The highest BCUT2D eigenvalue weighted by Gasteiger charge is 2.49. The van der Waals surface area contributed by atoms with Gasteiger partial charge < -0.3 is 10.1 Å². The van der Waals surface area contributed by atoms with Crippen molar-refractivity contribution in [2.45, 2.75) is 58.5 Å². The van der Waals surface area contributed by atoms with Crippen molar-refractivity contribution in [3.63, 3.8) is 0 Å². The average molecular weight is 282 g/mol. The first-order valence-electron chi connectivity index (χ1n) is 7.55. The molecule has 0 aromatic carbocycles. The highest BCUT2D eigenvalue weighted by atomic mass is 16.5. The van der Waals surface area contributed by atoms with Gasteiger partial charge in [0.15, 0.2) is 0 Å². The summed E-state index contributed by atoms with van der Waals surface area (Å²) in [5.74, 6) is 0.0128. The first kappa shape index (κ1) is 15.3. The Hall–Kier alpha value is -1.10. The standard InChI is InChI=1S/C15H26N2O3/c1-5-20-13(19)14(3,4)17-8-6-15(7-9-17)10-11(2)16-12(15)18/h11H,5-10H2,1-4H3,(H,16,18). The van der Waals surface area contributed by atoms with Crippen molar-refractivity contribution in [2.75, 3.05) is 19.7 Å². The Labute approximate surface area is 121 Å². The minimum absolute atomic E-state index is 0.180. The summed E-state index contributed by atoms with van der Waals surface area (Å²) in [6.45, 7) is 9.63. The number of likely N-dealkylation sites (tertiary alicyclic amines) is 1. The lowest BCUT2D eigenvalue weighted by Crippen LogP contribution is -2.56. The van der Waals surface area contributed by atoms with Crippen LogP contribution in [0.25, 0.3) is 0 Å². The largest absolute Gasteiger partial charge is 0.465 e. The zero-order valence-electron chi connectivity index (χ0n) is 13.0. The fraction of sp³-hybridized carbons (Fsp3) is 0.867. The lowest BCUT2D eigenvalue weighted by atomic mass is 9.75. The van der Waals surface area contributed by atoms with Gasteiger partial charge >= 0.3 is 5.97 Å². The van der Waals surface area contributed by atoms with Gasteiger partial charge in [-0.3, -0.25) is 14.5 Å². The molecule has 20 heavy (non-hydrogen) atoms. The predicted molar refractivity (Wildman–Crippen MR) is 76.2 cm³/mol. The SMILES string of the molecule is CCOC(=O)C(C)(C)N1CCC2(CC1)CC(C)NC2=O. The Bertz CT molecular complexity index is 398. The van der Waals surface area contributed by atoms with Crippen LogP contribution in [-0.4, -0.2) is 48.1 Å². The predicted octanol–water partition coefficient (Wildman–Crippen LogP) is 1.32. The van der Waals surface area contributed by atoms with Gasteiger partial charge in [-0.1, -0.05) is 0 Å². The van der Waals surface area contributed by atoms with E-state index in [0.29, 0.717) is 6.61 Å². The summed E-state index contributed by atoms with van der Waals surface area (Å²) in [5.41, 5.74) is -0.820. The third-order valence-electron chi connectivity index (χ3n) is 4.84. The van der Waals surface area contributed by atoms with Crippen LogP contribution in [-0.2, 0) is 14.3 Å². The lowest BCUT2D eigenvalue weighted by Gasteiger charge is -2.44. The van der Waals surface area contributed by atoms with Crippen LogP contribution < -0.4 is 5.32 Å². The van der Waals surface area contributed by atoms with Gasteiger partial charge in [-0.25, -0.2) is 0 Å². The molecule has 1 amide bonds. The van der Waals surface area contributed by atoms with Crippen molar-refractivity contribution in [1.82, 2.24) is 10.2 Å². The number of carbonyl (C=O) groups is 2. The van der Waals surface area contributed by atoms with Gasteiger partial charge in [-0.2, -0.15) is 0 Å². The number of carbonyl (C=O) groups excluding carboxylic acids is 2. The molecule has 0 aliphatic carbocycles. The van der Waals surface area contributed by atoms with Gasteiger partial charge in [0.05, 0.1) is 12.0 Å². The van der Waals surface area contributed by atoms with E-state index in [1.54, 1.807) is 0 Å². The second-order valence-electron chi connectivity index (χ2n) is 6.63. The number of nitrogens with zero attached hydrogens (tertiary/aromatic N) is 1. The number of hydrogen-bond acceptors (Lipinski definition) is 4. The summed E-state index contributed by atoms with van der Waals surface area (Å²) in [4.78, 5) is 26.3. The van der Waals surface area contributed by atoms with Gasteiger partial charge in [-0.15, -0.1) is 0 Å². The van der Waals surface area contributed by atoms with Gasteiger partial charge in [0.2, 0.25) is 5.91 Å². The van der Waals surface area contributed by atoms with E-state index in [1.165, 1.54) is 0 Å². The maximum Gasteiger partial charge on any atom is 0.325 e. The summed E-state index contributed by atoms with van der Waals surface area (Å²) in [7, 11) is 0. The quantitative estimate of drug-likeness (QED) is 0.793. The number of nitrogens with one attached hydrogen (secondary N) is 1. The van der Waals surface area contributed by atoms with Crippen LogP contribution in [0, 0.1) is 5.41 Å². The van der Waals surface area contributed by atoms with E-state index in [9.17, 15) is 9.59 Å². The molecular formula is C15H26N2O3. The van der Waals surface area contributed by atoms with Crippen LogP contribution in [0.5, 0.6) is 0 Å². The van der Waals surface area contributed by atoms with E-state index in [2.05, 4.69) is 17.1 Å². The van der Waals surface area contributed by atoms with E-state index < -0.39 is 5.54 Å². The molecule has 5 nitrogen and oxygen atoms in total. The average Bonchev–Trinajstić information content (AvgIpc) is 2.65. The molecular weight excluding hydrogens is 256 g/mol. The number of amides is 1. The van der Waals surface area contributed by atoms with Crippen molar-refractivity contribution in [3.05, 3.63) is 0 Å². The van der Waals surface area contributed by atoms with Crippen LogP contribution in [0.2, 0.25) is 0 Å². The molecule has 0 aromatic rings. The second-order valence-corrected chi connectivity index (χ2v) is 6.63. The minimum Gasteiger partial charge on any atom is -0.465 e. The van der Waals surface area contributed by atoms with Gasteiger partial charge in [0.1, 0.15) is 5.54 Å². The molecule has 5 heteroatoms. The fourth-order valence-corrected chi connectivity index (χ4v) is 3.47. The first-order valence-corrected chi connectivity index (χ1v) is 7.55. The normalized spacial score (nSPS) is 26.6. The zero-order valence-corrected chi connectivity index (χ0v) is 13.0. The van der Waals surface area contributed by atoms with Crippen LogP contribution in [0.15, 0.2) is 0 Å². The third kappa shape index (κ3) is 2.55. The third-order valence-corrected chi connectivity index (χ3v) is 4.84. The highest BCUT2D eigenvalue weighted by Crippen LogP contribution is 2.41. The van der Waals surface area contributed by atoms with Crippen LogP contribution in [0.4, 0.5) is 0 Å². The van der Waals surface area contributed by atoms with Crippen LogP contribution >= 0.6 is 0 Å². The maximum absolute atomic E-state index is 12.1. The van der Waals surface area contributed by atoms with Crippen molar-refractivity contribution in [2.24, 2.45) is 5.41 Å². The molecule has 0 bridgehead atoms.